The van der Waals surface area contributed by atoms with Gasteiger partial charge in [-0.3, -0.25) is 24.6 Å². The number of anilines is 1. The molecule has 1 saturated heterocycles. The zero-order chi connectivity index (χ0) is 21.1. The van der Waals surface area contributed by atoms with Crippen LogP contribution in [0, 0.1) is 16.0 Å². The molecule has 10 nitrogen and oxygen atoms in total. The van der Waals surface area contributed by atoms with E-state index in [-0.39, 0.29) is 17.1 Å². The van der Waals surface area contributed by atoms with Crippen molar-refractivity contribution in [3.05, 3.63) is 28.3 Å². The molecule has 0 bridgehead atoms. The van der Waals surface area contributed by atoms with Crippen LogP contribution in [0.2, 0.25) is 0 Å². The molecule has 152 valence electrons. The fourth-order valence-corrected chi connectivity index (χ4v) is 2.87. The van der Waals surface area contributed by atoms with Crippen LogP contribution in [-0.4, -0.2) is 46.9 Å². The summed E-state index contributed by atoms with van der Waals surface area (Å²) in [6.07, 6.45) is 1.23. The fourth-order valence-electron chi connectivity index (χ4n) is 2.87. The smallest absolute Gasteiger partial charge is 0.325 e. The number of methoxy groups -OCH3 is 1. The van der Waals surface area contributed by atoms with Crippen LogP contribution >= 0.6 is 0 Å². The van der Waals surface area contributed by atoms with Gasteiger partial charge in [-0.2, -0.15) is 0 Å². The van der Waals surface area contributed by atoms with Crippen molar-refractivity contribution in [3.8, 4) is 5.75 Å². The molecule has 0 aromatic heterocycles. The number of nitrogens with zero attached hydrogens (tertiary/aromatic N) is 2. The molecule has 10 heteroatoms. The third kappa shape index (κ3) is 4.56. The van der Waals surface area contributed by atoms with Gasteiger partial charge in [-0.25, -0.2) is 4.79 Å². The number of hydrogen-bond acceptors (Lipinski definition) is 6. The third-order valence-electron chi connectivity index (χ3n) is 4.54. The van der Waals surface area contributed by atoms with Crippen LogP contribution in [0.1, 0.15) is 33.6 Å². The number of urea groups is 1. The Kier molecular flexibility index (Phi) is 6.22. The molecule has 1 aromatic rings. The molecule has 1 aromatic carbocycles. The maximum Gasteiger partial charge on any atom is 0.325 e. The number of nitro groups is 1. The number of non-ortho nitro benzene ring substituents is 1. The van der Waals surface area contributed by atoms with Crippen LogP contribution in [-0.2, 0) is 9.59 Å². The topological polar surface area (TPSA) is 131 Å². The molecule has 1 unspecified atom stereocenters. The number of nitro benzene ring substituents is 1. The average Bonchev–Trinajstić information content (AvgIpc) is 2.83. The zero-order valence-electron chi connectivity index (χ0n) is 16.3. The number of benzene rings is 1. The Labute approximate surface area is 162 Å². The quantitative estimate of drug-likeness (QED) is 0.396. The molecule has 1 aliphatic heterocycles. The van der Waals surface area contributed by atoms with E-state index >= 15 is 0 Å². The molecule has 0 saturated carbocycles. The molecule has 0 spiro atoms. The number of amides is 4. The number of rotatable bonds is 8. The number of nitrogens with one attached hydrogen (secondary N) is 2. The summed E-state index contributed by atoms with van der Waals surface area (Å²) < 4.78 is 5.06. The van der Waals surface area contributed by atoms with Crippen molar-refractivity contribution in [2.45, 2.75) is 39.2 Å². The second-order valence-corrected chi connectivity index (χ2v) is 7.28. The van der Waals surface area contributed by atoms with Crippen LogP contribution in [0.25, 0.3) is 0 Å². The van der Waals surface area contributed by atoms with Crippen LogP contribution < -0.4 is 15.4 Å². The Morgan fingerprint density at radius 1 is 1.39 bits per heavy atom. The largest absolute Gasteiger partial charge is 0.494 e. The number of imide groups is 1. The highest BCUT2D eigenvalue weighted by atomic mass is 16.6. The Morgan fingerprint density at radius 2 is 2.07 bits per heavy atom. The second kappa shape index (κ2) is 8.24. The minimum Gasteiger partial charge on any atom is -0.494 e. The monoisotopic (exact) mass is 392 g/mol. The van der Waals surface area contributed by atoms with Crippen molar-refractivity contribution in [2.75, 3.05) is 19.0 Å². The number of carbonyl (C=O) groups is 3. The lowest BCUT2D eigenvalue weighted by Crippen LogP contribution is -2.44. The number of carbonyl (C=O) groups excluding carboxylic acids is 3. The highest BCUT2D eigenvalue weighted by Gasteiger charge is 2.47. The molecule has 1 aliphatic rings. The second-order valence-electron chi connectivity index (χ2n) is 7.28. The van der Waals surface area contributed by atoms with E-state index in [1.807, 2.05) is 13.8 Å². The molecule has 0 aliphatic carbocycles. The average molecular weight is 392 g/mol. The van der Waals surface area contributed by atoms with Gasteiger partial charge in [0.05, 0.1) is 23.8 Å². The predicted molar refractivity (Wildman–Crippen MR) is 101 cm³/mol. The fraction of sp³-hybridized carbons (Fsp3) is 0.500. The zero-order valence-corrected chi connectivity index (χ0v) is 16.3. The van der Waals surface area contributed by atoms with Gasteiger partial charge in [-0.05, 0) is 31.7 Å². The number of hydrogen-bond donors (Lipinski definition) is 2. The van der Waals surface area contributed by atoms with Crippen molar-refractivity contribution < 1.29 is 24.0 Å². The van der Waals surface area contributed by atoms with Gasteiger partial charge in [0.2, 0.25) is 5.91 Å². The van der Waals surface area contributed by atoms with E-state index in [9.17, 15) is 24.5 Å². The van der Waals surface area contributed by atoms with E-state index in [4.69, 9.17) is 4.74 Å². The Morgan fingerprint density at radius 3 is 2.64 bits per heavy atom. The van der Waals surface area contributed by atoms with Gasteiger partial charge in [0.1, 0.15) is 17.8 Å². The van der Waals surface area contributed by atoms with E-state index in [1.54, 1.807) is 6.92 Å². The van der Waals surface area contributed by atoms with Crippen molar-refractivity contribution in [2.24, 2.45) is 5.92 Å². The Balaban J connectivity index is 2.08. The summed E-state index contributed by atoms with van der Waals surface area (Å²) in [5, 5.41) is 16.0. The molecular formula is C18H24N4O6. The molecule has 1 atom stereocenters. The minimum absolute atomic E-state index is 0.0986. The van der Waals surface area contributed by atoms with Gasteiger partial charge in [0.15, 0.2) is 0 Å². The lowest BCUT2D eigenvalue weighted by molar-refractivity contribution is -0.384. The maximum atomic E-state index is 12.6. The SMILES string of the molecule is COc1cc([N+](=O)[O-])ccc1NC(=O)CN1C(=O)NC(C)(CCC(C)C)C1=O. The van der Waals surface area contributed by atoms with E-state index in [2.05, 4.69) is 10.6 Å². The lowest BCUT2D eigenvalue weighted by Gasteiger charge is -2.22. The normalized spacial score (nSPS) is 19.0. The highest BCUT2D eigenvalue weighted by molar-refractivity contribution is 6.10. The number of ether oxygens (including phenoxy) is 1. The van der Waals surface area contributed by atoms with Crippen LogP contribution in [0.15, 0.2) is 18.2 Å². The summed E-state index contributed by atoms with van der Waals surface area (Å²) in [4.78, 5) is 48.3. The molecular weight excluding hydrogens is 368 g/mol. The summed E-state index contributed by atoms with van der Waals surface area (Å²) in [5.74, 6) is -0.609. The van der Waals surface area contributed by atoms with Crippen molar-refractivity contribution in [1.29, 1.82) is 0 Å². The standard InChI is InChI=1S/C18H24N4O6/c1-11(2)7-8-18(3)16(24)21(17(25)20-18)10-15(23)19-13-6-5-12(22(26)27)9-14(13)28-4/h5-6,9,11H,7-8,10H2,1-4H3,(H,19,23)(H,20,25). The minimum atomic E-state index is -1.04. The van der Waals surface area contributed by atoms with Crippen molar-refractivity contribution in [3.63, 3.8) is 0 Å². The maximum absolute atomic E-state index is 12.6. The third-order valence-corrected chi connectivity index (χ3v) is 4.54. The first-order chi connectivity index (χ1) is 13.1. The molecule has 28 heavy (non-hydrogen) atoms. The van der Waals surface area contributed by atoms with Gasteiger partial charge in [0, 0.05) is 6.07 Å². The van der Waals surface area contributed by atoms with Crippen molar-refractivity contribution in [1.82, 2.24) is 10.2 Å². The molecule has 1 heterocycles. The first kappa shape index (κ1) is 21.1. The van der Waals surface area contributed by atoms with Gasteiger partial charge in [-0.15, -0.1) is 0 Å². The van der Waals surface area contributed by atoms with Crippen LogP contribution in [0.3, 0.4) is 0 Å². The van der Waals surface area contributed by atoms with Gasteiger partial charge >= 0.3 is 6.03 Å². The van der Waals surface area contributed by atoms with E-state index < -0.39 is 34.9 Å². The van der Waals surface area contributed by atoms with E-state index in [1.165, 1.54) is 25.3 Å². The summed E-state index contributed by atoms with van der Waals surface area (Å²) in [6, 6.07) is 3.09. The predicted octanol–water partition coefficient (Wildman–Crippen LogP) is 2.29. The Hall–Kier alpha value is -3.17. The van der Waals surface area contributed by atoms with Crippen LogP contribution in [0.4, 0.5) is 16.2 Å². The van der Waals surface area contributed by atoms with Gasteiger partial charge < -0.3 is 15.4 Å². The van der Waals surface area contributed by atoms with E-state index in [0.29, 0.717) is 12.3 Å². The lowest BCUT2D eigenvalue weighted by atomic mass is 9.92. The summed E-state index contributed by atoms with van der Waals surface area (Å²) in [6.45, 7) is 5.22. The van der Waals surface area contributed by atoms with Crippen molar-refractivity contribution >= 4 is 29.2 Å². The molecule has 1 fully saturated rings. The first-order valence-electron chi connectivity index (χ1n) is 8.84. The van der Waals surface area contributed by atoms with E-state index in [0.717, 1.165) is 11.3 Å². The first-order valence-corrected chi connectivity index (χ1v) is 8.84. The summed E-state index contributed by atoms with van der Waals surface area (Å²) in [7, 11) is 1.31. The van der Waals surface area contributed by atoms with Gasteiger partial charge in [-0.1, -0.05) is 13.8 Å². The Bertz CT molecular complexity index is 809. The highest BCUT2D eigenvalue weighted by Crippen LogP contribution is 2.29. The molecule has 2 N–H and O–H groups in total. The van der Waals surface area contributed by atoms with Gasteiger partial charge in [0.25, 0.3) is 11.6 Å². The molecule has 2 rings (SSSR count). The summed E-state index contributed by atoms with van der Waals surface area (Å²) >= 11 is 0. The molecule has 4 amide bonds. The summed E-state index contributed by atoms with van der Waals surface area (Å²) in [5.41, 5.74) is -1.02. The molecule has 0 radical (unpaired) electrons. The van der Waals surface area contributed by atoms with Crippen LogP contribution in [0.5, 0.6) is 5.75 Å².